The largest absolute Gasteiger partial charge is 0.389 e. The molecule has 1 aromatic rings. The lowest BCUT2D eigenvalue weighted by atomic mass is 10.0. The molecule has 0 unspecified atom stereocenters. The number of aliphatic hydroxyl groups excluding tert-OH is 2. The standard InChI is InChI=1S/C18H32N4O3/c1-3-4-5-22-11-15(14(2)19-22)10-20-6-8-21(9-7-20)16-12-25-13-17(23)18(16)24/h11,16-18,23-24H,3-10,12-13H2,1-2H3/t16-,17-,18+/m1/s1. The average Bonchev–Trinajstić information content (AvgIpc) is 2.96. The molecule has 7 heteroatoms. The van der Waals surface area contributed by atoms with Crippen molar-refractivity contribution >= 4 is 0 Å². The molecule has 0 amide bonds. The van der Waals surface area contributed by atoms with Crippen LogP contribution in [0.1, 0.15) is 31.0 Å². The highest BCUT2D eigenvalue weighted by Crippen LogP contribution is 2.18. The van der Waals surface area contributed by atoms with Crippen LogP contribution in [0.3, 0.4) is 0 Å². The van der Waals surface area contributed by atoms with Gasteiger partial charge in [0.05, 0.1) is 31.1 Å². The molecular formula is C18H32N4O3. The van der Waals surface area contributed by atoms with Crippen molar-refractivity contribution in [2.75, 3.05) is 39.4 Å². The summed E-state index contributed by atoms with van der Waals surface area (Å²) in [6.07, 6.45) is 3.05. The van der Waals surface area contributed by atoms with Crippen LogP contribution in [-0.2, 0) is 17.8 Å². The van der Waals surface area contributed by atoms with Gasteiger partial charge in [-0.1, -0.05) is 13.3 Å². The Hall–Kier alpha value is -0.990. The Morgan fingerprint density at radius 3 is 2.68 bits per heavy atom. The monoisotopic (exact) mass is 352 g/mol. The van der Waals surface area contributed by atoms with Crippen molar-refractivity contribution in [2.45, 2.75) is 58.0 Å². The van der Waals surface area contributed by atoms with Crippen LogP contribution in [0.4, 0.5) is 0 Å². The van der Waals surface area contributed by atoms with E-state index in [1.807, 2.05) is 0 Å². The first-order valence-electron chi connectivity index (χ1n) is 9.51. The number of unbranched alkanes of at least 4 members (excludes halogenated alkanes) is 1. The van der Waals surface area contributed by atoms with E-state index in [1.54, 1.807) is 0 Å². The molecule has 0 bridgehead atoms. The molecule has 2 aliphatic rings. The molecule has 2 aliphatic heterocycles. The van der Waals surface area contributed by atoms with Crippen LogP contribution < -0.4 is 0 Å². The van der Waals surface area contributed by atoms with Crippen molar-refractivity contribution < 1.29 is 14.9 Å². The molecule has 0 aliphatic carbocycles. The minimum Gasteiger partial charge on any atom is -0.389 e. The minimum absolute atomic E-state index is 0.0931. The summed E-state index contributed by atoms with van der Waals surface area (Å²) < 4.78 is 7.49. The van der Waals surface area contributed by atoms with Crippen LogP contribution in [0, 0.1) is 6.92 Å². The summed E-state index contributed by atoms with van der Waals surface area (Å²) >= 11 is 0. The zero-order valence-electron chi connectivity index (χ0n) is 15.5. The molecule has 25 heavy (non-hydrogen) atoms. The fraction of sp³-hybridized carbons (Fsp3) is 0.833. The molecular weight excluding hydrogens is 320 g/mol. The molecule has 3 atom stereocenters. The van der Waals surface area contributed by atoms with Crippen LogP contribution in [0.5, 0.6) is 0 Å². The molecule has 7 nitrogen and oxygen atoms in total. The van der Waals surface area contributed by atoms with E-state index in [0.29, 0.717) is 6.61 Å². The van der Waals surface area contributed by atoms with Gasteiger partial charge in [0.15, 0.2) is 0 Å². The Balaban J connectivity index is 1.50. The predicted octanol–water partition coefficient (Wildman–Crippen LogP) is 0.230. The second kappa shape index (κ2) is 8.60. The fourth-order valence-corrected chi connectivity index (χ4v) is 3.73. The second-order valence-electron chi connectivity index (χ2n) is 7.33. The van der Waals surface area contributed by atoms with Gasteiger partial charge in [-0.2, -0.15) is 5.10 Å². The number of aryl methyl sites for hydroxylation is 2. The van der Waals surface area contributed by atoms with Gasteiger partial charge in [-0.25, -0.2) is 0 Å². The Morgan fingerprint density at radius 2 is 1.96 bits per heavy atom. The number of hydrogen-bond acceptors (Lipinski definition) is 6. The number of ether oxygens (including phenoxy) is 1. The Labute approximate surface area is 150 Å². The van der Waals surface area contributed by atoms with Gasteiger partial charge in [-0.05, 0) is 13.3 Å². The number of rotatable bonds is 6. The van der Waals surface area contributed by atoms with Crippen LogP contribution in [0.15, 0.2) is 6.20 Å². The molecule has 0 saturated carbocycles. The van der Waals surface area contributed by atoms with Gasteiger partial charge in [0.1, 0.15) is 6.10 Å². The summed E-state index contributed by atoms with van der Waals surface area (Å²) in [6, 6.07) is -0.0931. The number of aliphatic hydroxyl groups is 2. The molecule has 2 saturated heterocycles. The summed E-state index contributed by atoms with van der Waals surface area (Å²) in [5.74, 6) is 0. The highest BCUT2D eigenvalue weighted by atomic mass is 16.5. The van der Waals surface area contributed by atoms with Gasteiger partial charge in [0, 0.05) is 51.0 Å². The summed E-state index contributed by atoms with van der Waals surface area (Å²) in [5, 5.41) is 24.6. The van der Waals surface area contributed by atoms with Gasteiger partial charge in [0.25, 0.3) is 0 Å². The Morgan fingerprint density at radius 1 is 1.20 bits per heavy atom. The first kappa shape index (κ1) is 18.8. The van der Waals surface area contributed by atoms with E-state index in [0.717, 1.165) is 51.4 Å². The molecule has 3 heterocycles. The van der Waals surface area contributed by atoms with Crippen molar-refractivity contribution in [3.8, 4) is 0 Å². The highest BCUT2D eigenvalue weighted by molar-refractivity contribution is 5.15. The summed E-state index contributed by atoms with van der Waals surface area (Å²) in [5.41, 5.74) is 2.43. The molecule has 2 fully saturated rings. The van der Waals surface area contributed by atoms with Crippen molar-refractivity contribution in [2.24, 2.45) is 0 Å². The normalized spacial score (nSPS) is 29.2. The molecule has 0 radical (unpaired) electrons. The van der Waals surface area contributed by atoms with Gasteiger partial charge >= 0.3 is 0 Å². The average molecular weight is 352 g/mol. The minimum atomic E-state index is -0.770. The quantitative estimate of drug-likeness (QED) is 0.764. The highest BCUT2D eigenvalue weighted by Gasteiger charge is 2.36. The first-order chi connectivity index (χ1) is 12.1. The van der Waals surface area contributed by atoms with E-state index < -0.39 is 12.2 Å². The van der Waals surface area contributed by atoms with Gasteiger partial charge in [-0.3, -0.25) is 14.5 Å². The topological polar surface area (TPSA) is 74.0 Å². The van der Waals surface area contributed by atoms with Gasteiger partial charge < -0.3 is 14.9 Å². The maximum absolute atomic E-state index is 10.2. The summed E-state index contributed by atoms with van der Waals surface area (Å²) in [6.45, 7) is 10.6. The smallest absolute Gasteiger partial charge is 0.105 e. The molecule has 142 valence electrons. The molecule has 3 rings (SSSR count). The van der Waals surface area contributed by atoms with Crippen LogP contribution in [0.2, 0.25) is 0 Å². The summed E-state index contributed by atoms with van der Waals surface area (Å²) in [4.78, 5) is 4.69. The lowest BCUT2D eigenvalue weighted by Crippen LogP contribution is -2.60. The third-order valence-electron chi connectivity index (χ3n) is 5.42. The Kier molecular flexibility index (Phi) is 6.46. The predicted molar refractivity (Wildman–Crippen MR) is 95.3 cm³/mol. The number of piperazine rings is 1. The fourth-order valence-electron chi connectivity index (χ4n) is 3.73. The van der Waals surface area contributed by atoms with Crippen molar-refractivity contribution in [3.05, 3.63) is 17.5 Å². The van der Waals surface area contributed by atoms with Crippen LogP contribution in [0.25, 0.3) is 0 Å². The second-order valence-corrected chi connectivity index (χ2v) is 7.33. The van der Waals surface area contributed by atoms with Gasteiger partial charge in [0.2, 0.25) is 0 Å². The maximum Gasteiger partial charge on any atom is 0.105 e. The van der Waals surface area contributed by atoms with Crippen LogP contribution in [-0.4, -0.2) is 87.4 Å². The van der Waals surface area contributed by atoms with Crippen molar-refractivity contribution in [1.29, 1.82) is 0 Å². The van der Waals surface area contributed by atoms with Crippen LogP contribution >= 0.6 is 0 Å². The van der Waals surface area contributed by atoms with E-state index in [1.165, 1.54) is 12.0 Å². The van der Waals surface area contributed by atoms with Gasteiger partial charge in [-0.15, -0.1) is 0 Å². The zero-order chi connectivity index (χ0) is 17.8. The molecule has 0 spiro atoms. The van der Waals surface area contributed by atoms with E-state index in [4.69, 9.17) is 4.74 Å². The van der Waals surface area contributed by atoms with Crippen molar-refractivity contribution in [1.82, 2.24) is 19.6 Å². The van der Waals surface area contributed by atoms with E-state index in [9.17, 15) is 10.2 Å². The van der Waals surface area contributed by atoms with Crippen molar-refractivity contribution in [3.63, 3.8) is 0 Å². The number of aromatic nitrogens is 2. The number of nitrogens with zero attached hydrogens (tertiary/aromatic N) is 4. The third kappa shape index (κ3) is 4.60. The summed E-state index contributed by atoms with van der Waals surface area (Å²) in [7, 11) is 0. The Bertz CT molecular complexity index is 542. The molecule has 1 aromatic heterocycles. The lowest BCUT2D eigenvalue weighted by Gasteiger charge is -2.43. The van der Waals surface area contributed by atoms with E-state index >= 15 is 0 Å². The first-order valence-corrected chi connectivity index (χ1v) is 9.51. The third-order valence-corrected chi connectivity index (χ3v) is 5.42. The molecule has 2 N–H and O–H groups in total. The van der Waals surface area contributed by atoms with E-state index in [2.05, 4.69) is 39.6 Å². The van der Waals surface area contributed by atoms with E-state index in [-0.39, 0.29) is 12.6 Å². The zero-order valence-corrected chi connectivity index (χ0v) is 15.5. The molecule has 0 aromatic carbocycles. The SMILES string of the molecule is CCCCn1cc(CN2CCN([C@@H]3COC[C@@H](O)[C@H]3O)CC2)c(C)n1. The maximum atomic E-state index is 10.2. The lowest BCUT2D eigenvalue weighted by molar-refractivity contribution is -0.137. The number of hydrogen-bond donors (Lipinski definition) is 2.